The fourth-order valence-corrected chi connectivity index (χ4v) is 2.45. The zero-order chi connectivity index (χ0) is 22.7. The Labute approximate surface area is 171 Å². The first kappa shape index (κ1) is 24.4. The summed E-state index contributed by atoms with van der Waals surface area (Å²) in [4.78, 5) is 57.6. The smallest absolute Gasteiger partial charge is 0.326 e. The molecule has 14 nitrogen and oxygen atoms in total. The van der Waals surface area contributed by atoms with Gasteiger partial charge in [-0.1, -0.05) is 0 Å². The van der Waals surface area contributed by atoms with E-state index in [9.17, 15) is 24.3 Å². The van der Waals surface area contributed by atoms with Crippen molar-refractivity contribution in [2.45, 2.75) is 43.8 Å². The molecular formula is C16H27N9O5. The van der Waals surface area contributed by atoms with E-state index in [2.05, 4.69) is 25.6 Å². The first-order valence-corrected chi connectivity index (χ1v) is 9.00. The molecule has 0 saturated carbocycles. The maximum atomic E-state index is 12.7. The highest BCUT2D eigenvalue weighted by Crippen LogP contribution is 2.04. The van der Waals surface area contributed by atoms with Gasteiger partial charge in [0.25, 0.3) is 0 Å². The summed E-state index contributed by atoms with van der Waals surface area (Å²) in [5.74, 6) is -3.71. The fourth-order valence-electron chi connectivity index (χ4n) is 2.45. The molecule has 3 atom stereocenters. The summed E-state index contributed by atoms with van der Waals surface area (Å²) in [5, 5.41) is 14.2. The predicted octanol–water partition coefficient (Wildman–Crippen LogP) is -3.74. The predicted molar refractivity (Wildman–Crippen MR) is 105 cm³/mol. The van der Waals surface area contributed by atoms with Gasteiger partial charge in [-0.25, -0.2) is 9.78 Å². The second kappa shape index (κ2) is 12.0. The Balaban J connectivity index is 2.84. The normalized spacial score (nSPS) is 13.5. The molecule has 0 aliphatic heterocycles. The number of rotatable bonds is 13. The number of aliphatic imine (C=N–C) groups is 1. The molecule has 30 heavy (non-hydrogen) atoms. The van der Waals surface area contributed by atoms with Crippen molar-refractivity contribution in [2.24, 2.45) is 27.9 Å². The van der Waals surface area contributed by atoms with E-state index in [-0.39, 0.29) is 25.3 Å². The lowest BCUT2D eigenvalue weighted by Crippen LogP contribution is -2.55. The second-order valence-corrected chi connectivity index (χ2v) is 6.47. The van der Waals surface area contributed by atoms with Crippen LogP contribution in [-0.2, 0) is 25.6 Å². The van der Waals surface area contributed by atoms with Gasteiger partial charge in [-0.15, -0.1) is 0 Å². The lowest BCUT2D eigenvalue weighted by atomic mass is 10.1. The minimum atomic E-state index is -1.27. The van der Waals surface area contributed by atoms with Gasteiger partial charge in [-0.05, 0) is 12.8 Å². The van der Waals surface area contributed by atoms with Crippen molar-refractivity contribution in [2.75, 3.05) is 6.54 Å². The number of guanidine groups is 1. The minimum Gasteiger partial charge on any atom is -0.480 e. The van der Waals surface area contributed by atoms with Crippen molar-refractivity contribution in [3.8, 4) is 0 Å². The SMILES string of the molecule is NC(=O)C[C@H](N)C(=O)N[C@@H](CCCN=C(N)N)C(=O)N[C@@H](Cc1cnc[nH]1)C(=O)O. The van der Waals surface area contributed by atoms with Crippen molar-refractivity contribution in [3.63, 3.8) is 0 Å². The van der Waals surface area contributed by atoms with Gasteiger partial charge in [0.2, 0.25) is 17.7 Å². The lowest BCUT2D eigenvalue weighted by molar-refractivity contribution is -0.142. The Bertz CT molecular complexity index is 761. The van der Waals surface area contributed by atoms with E-state index < -0.39 is 48.2 Å². The molecule has 166 valence electrons. The molecule has 12 N–H and O–H groups in total. The monoisotopic (exact) mass is 425 g/mol. The molecule has 0 unspecified atom stereocenters. The van der Waals surface area contributed by atoms with E-state index in [1.54, 1.807) is 0 Å². The van der Waals surface area contributed by atoms with E-state index in [0.29, 0.717) is 12.1 Å². The van der Waals surface area contributed by atoms with Gasteiger partial charge in [0.1, 0.15) is 12.1 Å². The molecule has 1 aromatic rings. The molecule has 0 spiro atoms. The molecule has 1 aromatic heterocycles. The number of nitrogens with two attached hydrogens (primary N) is 4. The number of carbonyl (C=O) groups is 4. The van der Waals surface area contributed by atoms with Crippen molar-refractivity contribution < 1.29 is 24.3 Å². The summed E-state index contributed by atoms with van der Waals surface area (Å²) in [7, 11) is 0. The lowest BCUT2D eigenvalue weighted by Gasteiger charge is -2.22. The Hall–Kier alpha value is -3.68. The van der Waals surface area contributed by atoms with Crippen LogP contribution in [0.25, 0.3) is 0 Å². The highest BCUT2D eigenvalue weighted by Gasteiger charge is 2.28. The largest absolute Gasteiger partial charge is 0.480 e. The van der Waals surface area contributed by atoms with Crippen molar-refractivity contribution in [1.82, 2.24) is 20.6 Å². The molecular weight excluding hydrogens is 398 g/mol. The molecule has 1 rings (SSSR count). The highest BCUT2D eigenvalue weighted by molar-refractivity contribution is 5.93. The Morgan fingerprint density at radius 3 is 2.33 bits per heavy atom. The van der Waals surface area contributed by atoms with Crippen LogP contribution in [0.4, 0.5) is 0 Å². The maximum Gasteiger partial charge on any atom is 0.326 e. The number of carbonyl (C=O) groups excluding carboxylic acids is 3. The summed E-state index contributed by atoms with van der Waals surface area (Å²) < 4.78 is 0. The summed E-state index contributed by atoms with van der Waals surface area (Å²) in [6.45, 7) is 0.186. The molecule has 3 amide bonds. The quantitative estimate of drug-likeness (QED) is 0.0875. The molecule has 0 radical (unpaired) electrons. The van der Waals surface area contributed by atoms with Gasteiger partial charge in [-0.3, -0.25) is 19.4 Å². The third-order valence-corrected chi connectivity index (χ3v) is 3.93. The Morgan fingerprint density at radius 2 is 1.80 bits per heavy atom. The number of hydrogen-bond acceptors (Lipinski definition) is 7. The van der Waals surface area contributed by atoms with Crippen LogP contribution in [0.3, 0.4) is 0 Å². The highest BCUT2D eigenvalue weighted by atomic mass is 16.4. The number of aliphatic carboxylic acids is 1. The third-order valence-electron chi connectivity index (χ3n) is 3.93. The molecule has 14 heteroatoms. The van der Waals surface area contributed by atoms with Crippen molar-refractivity contribution in [3.05, 3.63) is 18.2 Å². The molecule has 0 saturated heterocycles. The standard InChI is InChI=1S/C16H27N9O5/c17-9(5-12(18)26)13(27)24-10(2-1-3-22-16(19)20)14(28)25-11(15(29)30)4-8-6-21-7-23-8/h6-7,9-11H,1-5,17H2,(H2,18,26)(H,21,23)(H,24,27)(H,25,28)(H,29,30)(H4,19,20,22)/t9-,10-,11-/m0/s1. The van der Waals surface area contributed by atoms with Gasteiger partial charge in [0.05, 0.1) is 18.8 Å². The van der Waals surface area contributed by atoms with E-state index in [1.807, 2.05) is 0 Å². The average molecular weight is 425 g/mol. The number of aromatic nitrogens is 2. The summed E-state index contributed by atoms with van der Waals surface area (Å²) in [6.07, 6.45) is 2.75. The number of hydrogen-bond donors (Lipinski definition) is 8. The van der Waals surface area contributed by atoms with Crippen LogP contribution in [0, 0.1) is 0 Å². The Morgan fingerprint density at radius 1 is 1.13 bits per heavy atom. The number of imidazole rings is 1. The molecule has 1 heterocycles. The van der Waals surface area contributed by atoms with Crippen LogP contribution in [0.2, 0.25) is 0 Å². The second-order valence-electron chi connectivity index (χ2n) is 6.47. The molecule has 0 fully saturated rings. The first-order valence-electron chi connectivity index (χ1n) is 9.00. The molecule has 0 aliphatic carbocycles. The number of aromatic amines is 1. The van der Waals surface area contributed by atoms with Gasteiger partial charge in [0.15, 0.2) is 5.96 Å². The Kier molecular flexibility index (Phi) is 9.75. The van der Waals surface area contributed by atoms with E-state index in [4.69, 9.17) is 22.9 Å². The van der Waals surface area contributed by atoms with Crippen molar-refractivity contribution in [1.29, 1.82) is 0 Å². The molecule has 0 aromatic carbocycles. The van der Waals surface area contributed by atoms with Crippen LogP contribution < -0.4 is 33.6 Å². The number of carboxylic acid groups (broad SMARTS) is 1. The van der Waals surface area contributed by atoms with Crippen LogP contribution in [0.5, 0.6) is 0 Å². The van der Waals surface area contributed by atoms with Gasteiger partial charge < -0.3 is 43.7 Å². The van der Waals surface area contributed by atoms with E-state index >= 15 is 0 Å². The third kappa shape index (κ3) is 9.01. The number of primary amides is 1. The summed E-state index contributed by atoms with van der Waals surface area (Å²) in [6, 6.07) is -3.65. The minimum absolute atomic E-state index is 0.0447. The van der Waals surface area contributed by atoms with Crippen molar-refractivity contribution >= 4 is 29.7 Å². The zero-order valence-corrected chi connectivity index (χ0v) is 16.2. The number of carboxylic acids is 1. The maximum absolute atomic E-state index is 12.7. The van der Waals surface area contributed by atoms with Gasteiger partial charge in [-0.2, -0.15) is 0 Å². The average Bonchev–Trinajstić information content (AvgIpc) is 3.15. The summed E-state index contributed by atoms with van der Waals surface area (Å²) >= 11 is 0. The number of nitrogens with zero attached hydrogens (tertiary/aromatic N) is 2. The van der Waals surface area contributed by atoms with E-state index in [1.165, 1.54) is 12.5 Å². The van der Waals surface area contributed by atoms with Crippen LogP contribution in [0.15, 0.2) is 17.5 Å². The van der Waals surface area contributed by atoms with Crippen LogP contribution in [-0.4, -0.2) is 69.4 Å². The molecule has 0 bridgehead atoms. The van der Waals surface area contributed by atoms with Gasteiger partial charge in [0, 0.05) is 24.9 Å². The number of H-pyrrole nitrogens is 1. The van der Waals surface area contributed by atoms with Crippen LogP contribution in [0.1, 0.15) is 25.0 Å². The fraction of sp³-hybridized carbons (Fsp3) is 0.500. The zero-order valence-electron chi connectivity index (χ0n) is 16.2. The summed E-state index contributed by atoms with van der Waals surface area (Å²) in [5.41, 5.74) is 21.6. The molecule has 0 aliphatic rings. The van der Waals surface area contributed by atoms with Crippen LogP contribution >= 0.6 is 0 Å². The number of amides is 3. The first-order chi connectivity index (χ1) is 14.1. The van der Waals surface area contributed by atoms with E-state index in [0.717, 1.165) is 0 Å². The number of nitrogens with one attached hydrogen (secondary N) is 3. The van der Waals surface area contributed by atoms with Gasteiger partial charge >= 0.3 is 5.97 Å². The topological polar surface area (TPSA) is 258 Å².